The largest absolute Gasteiger partial charge is 0.496 e. The molecule has 0 aliphatic rings. The molecule has 0 atom stereocenters. The van der Waals surface area contributed by atoms with E-state index in [9.17, 15) is 14.9 Å². The molecule has 1 aromatic carbocycles. The molecule has 0 spiro atoms. The van der Waals surface area contributed by atoms with Gasteiger partial charge in [-0.05, 0) is 39.0 Å². The lowest BCUT2D eigenvalue weighted by Gasteiger charge is -2.21. The number of carbonyl (C=O) groups is 1. The summed E-state index contributed by atoms with van der Waals surface area (Å²) in [5.41, 5.74) is 4.63. The highest BCUT2D eigenvalue weighted by Crippen LogP contribution is 2.24. The van der Waals surface area contributed by atoms with Gasteiger partial charge in [0, 0.05) is 48.8 Å². The Kier molecular flexibility index (Phi) is 8.98. The molecule has 1 aromatic heterocycles. The van der Waals surface area contributed by atoms with Crippen molar-refractivity contribution in [3.8, 4) is 11.8 Å². The number of rotatable bonds is 10. The Morgan fingerprint density at radius 2 is 2.00 bits per heavy atom. The smallest absolute Gasteiger partial charge is 0.269 e. The van der Waals surface area contributed by atoms with Crippen LogP contribution in [0.2, 0.25) is 0 Å². The Morgan fingerprint density at radius 1 is 1.28 bits per heavy atom. The number of aryl methyl sites for hydroxylation is 1. The summed E-state index contributed by atoms with van der Waals surface area (Å²) in [6.45, 7) is 7.49. The van der Waals surface area contributed by atoms with Gasteiger partial charge in [-0.15, -0.1) is 0 Å². The number of aromatic nitrogens is 1. The third kappa shape index (κ3) is 5.74. The number of ether oxygens (including phenoxy) is 2. The summed E-state index contributed by atoms with van der Waals surface area (Å²) < 4.78 is 11.7. The molecule has 0 bridgehead atoms. The summed E-state index contributed by atoms with van der Waals surface area (Å²) in [5, 5.41) is 13.3. The van der Waals surface area contributed by atoms with Crippen LogP contribution in [0.3, 0.4) is 0 Å². The number of methoxy groups -OCH3 is 2. The van der Waals surface area contributed by atoms with Crippen LogP contribution >= 0.6 is 0 Å². The number of benzene rings is 1. The van der Waals surface area contributed by atoms with E-state index >= 15 is 0 Å². The van der Waals surface area contributed by atoms with Gasteiger partial charge in [-0.1, -0.05) is 0 Å². The van der Waals surface area contributed by atoms with Crippen LogP contribution in [0, 0.1) is 18.3 Å². The molecular formula is C23H29N5O4. The first kappa shape index (κ1) is 24.6. The normalized spacial score (nSPS) is 10.8. The van der Waals surface area contributed by atoms with Crippen LogP contribution < -0.4 is 20.6 Å². The summed E-state index contributed by atoms with van der Waals surface area (Å²) in [6.07, 6.45) is 1.49. The highest BCUT2D eigenvalue weighted by Gasteiger charge is 2.15. The molecule has 0 fully saturated rings. The van der Waals surface area contributed by atoms with Crippen LogP contribution in [0.1, 0.15) is 36.2 Å². The summed E-state index contributed by atoms with van der Waals surface area (Å²) in [5.74, 6) is 0.139. The van der Waals surface area contributed by atoms with Crippen molar-refractivity contribution in [2.45, 2.75) is 33.9 Å². The Balaban J connectivity index is 2.15. The number of hydrogen-bond acceptors (Lipinski definition) is 7. The highest BCUT2D eigenvalue weighted by atomic mass is 16.5. The van der Waals surface area contributed by atoms with Crippen LogP contribution in [0.5, 0.6) is 5.75 Å². The van der Waals surface area contributed by atoms with E-state index in [-0.39, 0.29) is 18.7 Å². The van der Waals surface area contributed by atoms with Gasteiger partial charge >= 0.3 is 0 Å². The van der Waals surface area contributed by atoms with Gasteiger partial charge in [0.15, 0.2) is 0 Å². The number of pyridine rings is 1. The van der Waals surface area contributed by atoms with Crippen molar-refractivity contribution in [2.75, 3.05) is 32.2 Å². The van der Waals surface area contributed by atoms with E-state index in [0.29, 0.717) is 22.6 Å². The molecule has 0 radical (unpaired) electrons. The van der Waals surface area contributed by atoms with Crippen molar-refractivity contribution in [3.63, 3.8) is 0 Å². The van der Waals surface area contributed by atoms with Gasteiger partial charge in [0.05, 0.1) is 19.9 Å². The number of anilines is 1. The van der Waals surface area contributed by atoms with Crippen molar-refractivity contribution < 1.29 is 14.3 Å². The minimum atomic E-state index is -0.535. The second-order valence-corrected chi connectivity index (χ2v) is 7.01. The molecule has 0 aliphatic heterocycles. The van der Waals surface area contributed by atoms with Gasteiger partial charge in [0.2, 0.25) is 0 Å². The van der Waals surface area contributed by atoms with E-state index in [2.05, 4.69) is 29.3 Å². The topological polar surface area (TPSA) is 109 Å². The molecule has 0 saturated heterocycles. The number of hydrogen-bond donors (Lipinski definition) is 1. The minimum absolute atomic E-state index is 0.0354. The molecule has 2 rings (SSSR count). The second kappa shape index (κ2) is 11.7. The fourth-order valence-electron chi connectivity index (χ4n) is 3.36. The quantitative estimate of drug-likeness (QED) is 0.449. The predicted molar refractivity (Wildman–Crippen MR) is 123 cm³/mol. The fraction of sp³-hybridized carbons (Fsp3) is 0.391. The first-order valence-corrected chi connectivity index (χ1v) is 10.3. The lowest BCUT2D eigenvalue weighted by atomic mass is 10.1. The number of nitrogens with one attached hydrogen (secondary N) is 1. The molecule has 32 heavy (non-hydrogen) atoms. The molecular weight excluding hydrogens is 410 g/mol. The molecule has 1 amide bonds. The minimum Gasteiger partial charge on any atom is -0.496 e. The SMILES string of the molecule is CCN(CC)c1ccc(/C=N\NC(=O)Cn2c(C)cc(COC)c(C#N)c2=O)c(OC)c1. The van der Waals surface area contributed by atoms with E-state index in [1.165, 1.54) is 17.9 Å². The van der Waals surface area contributed by atoms with E-state index in [4.69, 9.17) is 9.47 Å². The van der Waals surface area contributed by atoms with Crippen molar-refractivity contribution in [1.82, 2.24) is 9.99 Å². The number of carbonyl (C=O) groups excluding carboxylic acids is 1. The fourth-order valence-corrected chi connectivity index (χ4v) is 3.36. The Hall–Kier alpha value is -3.64. The maximum Gasteiger partial charge on any atom is 0.269 e. The molecule has 9 heteroatoms. The van der Waals surface area contributed by atoms with Crippen molar-refractivity contribution >= 4 is 17.8 Å². The molecule has 1 heterocycles. The summed E-state index contributed by atoms with van der Waals surface area (Å²) in [6, 6.07) is 9.32. The summed E-state index contributed by atoms with van der Waals surface area (Å²) in [4.78, 5) is 27.2. The monoisotopic (exact) mass is 439 g/mol. The lowest BCUT2D eigenvalue weighted by Crippen LogP contribution is -2.33. The van der Waals surface area contributed by atoms with Crippen LogP contribution in [-0.4, -0.2) is 44.0 Å². The van der Waals surface area contributed by atoms with Gasteiger partial charge in [0.1, 0.15) is 23.9 Å². The Labute approximate surface area is 187 Å². The first-order chi connectivity index (χ1) is 15.4. The molecule has 0 saturated carbocycles. The average Bonchev–Trinajstić information content (AvgIpc) is 2.78. The summed E-state index contributed by atoms with van der Waals surface area (Å²) >= 11 is 0. The van der Waals surface area contributed by atoms with E-state index in [0.717, 1.165) is 18.8 Å². The van der Waals surface area contributed by atoms with Crippen molar-refractivity contribution in [3.05, 3.63) is 57.0 Å². The first-order valence-electron chi connectivity index (χ1n) is 10.3. The number of amides is 1. The second-order valence-electron chi connectivity index (χ2n) is 7.01. The van der Waals surface area contributed by atoms with E-state index in [1.807, 2.05) is 24.3 Å². The third-order valence-corrected chi connectivity index (χ3v) is 5.04. The van der Waals surface area contributed by atoms with Gasteiger partial charge in [-0.25, -0.2) is 5.43 Å². The standard InChI is InChI=1S/C23H29N5O4/c1-6-27(7-2)19-9-8-17(21(11-19)32-5)13-25-26-22(29)14-28-16(3)10-18(15-31-4)20(12-24)23(28)30/h8-11,13H,6-7,14-15H2,1-5H3,(H,26,29)/b25-13-. The van der Waals surface area contributed by atoms with E-state index < -0.39 is 11.5 Å². The highest BCUT2D eigenvalue weighted by molar-refractivity contribution is 5.86. The lowest BCUT2D eigenvalue weighted by molar-refractivity contribution is -0.121. The Morgan fingerprint density at radius 3 is 2.59 bits per heavy atom. The average molecular weight is 440 g/mol. The van der Waals surface area contributed by atoms with Crippen molar-refractivity contribution in [2.24, 2.45) is 5.10 Å². The van der Waals surface area contributed by atoms with Crippen LogP contribution in [-0.2, 0) is 22.7 Å². The van der Waals surface area contributed by atoms with Gasteiger partial charge in [-0.2, -0.15) is 10.4 Å². The maximum absolute atomic E-state index is 12.6. The van der Waals surface area contributed by atoms with Gasteiger partial charge in [0.25, 0.3) is 11.5 Å². The zero-order valence-corrected chi connectivity index (χ0v) is 19.1. The molecule has 0 unspecified atom stereocenters. The molecule has 1 N–H and O–H groups in total. The van der Waals surface area contributed by atoms with Crippen LogP contribution in [0.4, 0.5) is 5.69 Å². The third-order valence-electron chi connectivity index (χ3n) is 5.04. The Bertz CT molecular complexity index is 1080. The number of hydrazone groups is 1. The zero-order chi connectivity index (χ0) is 23.7. The summed E-state index contributed by atoms with van der Waals surface area (Å²) in [7, 11) is 3.06. The van der Waals surface area contributed by atoms with E-state index in [1.54, 1.807) is 20.1 Å². The van der Waals surface area contributed by atoms with Gasteiger partial charge < -0.3 is 18.9 Å². The molecule has 170 valence electrons. The molecule has 9 nitrogen and oxygen atoms in total. The number of nitriles is 1. The predicted octanol–water partition coefficient (Wildman–Crippen LogP) is 2.18. The zero-order valence-electron chi connectivity index (χ0n) is 19.1. The number of nitrogens with zero attached hydrogens (tertiary/aromatic N) is 4. The molecule has 0 aliphatic carbocycles. The maximum atomic E-state index is 12.6. The van der Waals surface area contributed by atoms with Crippen LogP contribution in [0.15, 0.2) is 34.2 Å². The van der Waals surface area contributed by atoms with Crippen LogP contribution in [0.25, 0.3) is 0 Å². The van der Waals surface area contributed by atoms with Crippen molar-refractivity contribution in [1.29, 1.82) is 5.26 Å². The van der Waals surface area contributed by atoms with Gasteiger partial charge in [-0.3, -0.25) is 9.59 Å². The molecule has 2 aromatic rings.